The summed E-state index contributed by atoms with van der Waals surface area (Å²) in [5.74, 6) is -0.354. The molecule has 12 heavy (non-hydrogen) atoms. The Labute approximate surface area is 73.9 Å². The highest BCUT2D eigenvalue weighted by molar-refractivity contribution is 7.10. The molecule has 1 aromatic heterocycles. The molecule has 0 fully saturated rings. The summed E-state index contributed by atoms with van der Waals surface area (Å²) in [5.41, 5.74) is 1.60. The van der Waals surface area contributed by atoms with Gasteiger partial charge in [-0.1, -0.05) is 0 Å². The summed E-state index contributed by atoms with van der Waals surface area (Å²) in [6, 6.07) is 0. The minimum absolute atomic E-state index is 0.354. The van der Waals surface area contributed by atoms with Gasteiger partial charge < -0.3 is 4.74 Å². The van der Waals surface area contributed by atoms with Crippen molar-refractivity contribution in [1.82, 2.24) is 10.2 Å². The zero-order valence-corrected chi connectivity index (χ0v) is 7.37. The summed E-state index contributed by atoms with van der Waals surface area (Å²) < 4.78 is 4.67. The molecule has 0 unspecified atom stereocenters. The molecule has 0 aromatic carbocycles. The van der Waals surface area contributed by atoms with E-state index < -0.39 is 0 Å². The summed E-state index contributed by atoms with van der Waals surface area (Å²) in [4.78, 5) is 10.8. The van der Waals surface area contributed by atoms with Gasteiger partial charge in [0.05, 0.1) is 6.61 Å². The average Bonchev–Trinajstić information content (AvgIpc) is 2.53. The van der Waals surface area contributed by atoms with E-state index in [2.05, 4.69) is 14.9 Å². The molecule has 0 spiro atoms. The van der Waals surface area contributed by atoms with Gasteiger partial charge in [-0.3, -0.25) is 0 Å². The molecule has 0 amide bonds. The molecule has 0 aliphatic carbocycles. The molecule has 0 N–H and O–H groups in total. The lowest BCUT2D eigenvalue weighted by atomic mass is 10.5. The summed E-state index contributed by atoms with van der Waals surface area (Å²) in [7, 11) is 0. The normalized spacial score (nSPS) is 10.4. The zero-order chi connectivity index (χ0) is 8.81. The van der Waals surface area contributed by atoms with Crippen LogP contribution in [0.3, 0.4) is 0 Å². The third kappa shape index (κ3) is 2.79. The van der Waals surface area contributed by atoms with Gasteiger partial charge in [0.1, 0.15) is 10.5 Å². The van der Waals surface area contributed by atoms with Crippen molar-refractivity contribution >= 4 is 23.4 Å². The number of aromatic nitrogens is 2. The predicted molar refractivity (Wildman–Crippen MR) is 45.6 cm³/mol. The molecule has 0 aliphatic heterocycles. The first-order valence-corrected chi connectivity index (χ1v) is 4.32. The minimum atomic E-state index is -0.354. The lowest BCUT2D eigenvalue weighted by Gasteiger charge is -1.92. The third-order valence-corrected chi connectivity index (χ3v) is 1.68. The molecular weight excluding hydrogens is 176 g/mol. The Morgan fingerprint density at radius 2 is 2.67 bits per heavy atom. The Hall–Kier alpha value is -1.23. The largest absolute Gasteiger partial charge is 0.463 e. The van der Waals surface area contributed by atoms with Gasteiger partial charge in [0.25, 0.3) is 0 Å². The lowest BCUT2D eigenvalue weighted by molar-refractivity contribution is -0.137. The lowest BCUT2D eigenvalue weighted by Crippen LogP contribution is -1.98. The number of hydrogen-bond donors (Lipinski definition) is 0. The topological polar surface area (TPSA) is 52.1 Å². The number of carbonyl (C=O) groups excluding carboxylic acids is 1. The molecule has 5 heteroatoms. The van der Waals surface area contributed by atoms with E-state index in [0.29, 0.717) is 11.6 Å². The van der Waals surface area contributed by atoms with E-state index >= 15 is 0 Å². The maximum Gasteiger partial charge on any atom is 0.330 e. The minimum Gasteiger partial charge on any atom is -0.463 e. The molecule has 0 atom stereocenters. The highest BCUT2D eigenvalue weighted by atomic mass is 32.1. The zero-order valence-electron chi connectivity index (χ0n) is 6.56. The van der Waals surface area contributed by atoms with Crippen LogP contribution in [0.15, 0.2) is 11.6 Å². The standard InChI is InChI=1S/C7H8N2O2S/c1-2-11-7(10)4-3-6-9-8-5-12-6/h3-5H,2H2,1H3/b4-3+. The molecule has 0 saturated carbocycles. The highest BCUT2D eigenvalue weighted by Gasteiger charge is 1.94. The van der Waals surface area contributed by atoms with Crippen molar-refractivity contribution in [3.05, 3.63) is 16.6 Å². The van der Waals surface area contributed by atoms with Gasteiger partial charge in [0, 0.05) is 6.08 Å². The maximum atomic E-state index is 10.8. The van der Waals surface area contributed by atoms with Crippen molar-refractivity contribution in [3.8, 4) is 0 Å². The van der Waals surface area contributed by atoms with Crippen molar-refractivity contribution in [3.63, 3.8) is 0 Å². The van der Waals surface area contributed by atoms with Gasteiger partial charge in [0.2, 0.25) is 0 Å². The molecule has 4 nitrogen and oxygen atoms in total. The van der Waals surface area contributed by atoms with Crippen LogP contribution < -0.4 is 0 Å². The first-order chi connectivity index (χ1) is 5.83. The van der Waals surface area contributed by atoms with Gasteiger partial charge in [-0.2, -0.15) is 0 Å². The first-order valence-electron chi connectivity index (χ1n) is 3.44. The summed E-state index contributed by atoms with van der Waals surface area (Å²) >= 11 is 1.37. The Kier molecular flexibility index (Phi) is 3.40. The number of rotatable bonds is 3. The molecule has 1 rings (SSSR count). The van der Waals surface area contributed by atoms with Gasteiger partial charge in [0.15, 0.2) is 0 Å². The quantitative estimate of drug-likeness (QED) is 0.521. The summed E-state index contributed by atoms with van der Waals surface area (Å²) in [6.45, 7) is 2.15. The molecule has 1 heterocycles. The van der Waals surface area contributed by atoms with Crippen molar-refractivity contribution < 1.29 is 9.53 Å². The van der Waals surface area contributed by atoms with Crippen LogP contribution >= 0.6 is 11.3 Å². The second kappa shape index (κ2) is 4.61. The molecule has 64 valence electrons. The van der Waals surface area contributed by atoms with E-state index in [0.717, 1.165) is 0 Å². The number of nitrogens with zero attached hydrogens (tertiary/aromatic N) is 2. The average molecular weight is 184 g/mol. The Bertz CT molecular complexity index is 269. The molecule has 0 aliphatic rings. The molecule has 0 radical (unpaired) electrons. The second-order valence-corrected chi connectivity index (χ2v) is 2.73. The smallest absolute Gasteiger partial charge is 0.330 e. The Morgan fingerprint density at radius 3 is 3.25 bits per heavy atom. The van der Waals surface area contributed by atoms with Crippen LogP contribution in [-0.2, 0) is 9.53 Å². The van der Waals surface area contributed by atoms with Gasteiger partial charge in [-0.05, 0) is 13.0 Å². The number of ether oxygens (including phenoxy) is 1. The maximum absolute atomic E-state index is 10.8. The van der Waals surface area contributed by atoms with Crippen molar-refractivity contribution in [1.29, 1.82) is 0 Å². The van der Waals surface area contributed by atoms with Crippen LogP contribution in [-0.4, -0.2) is 22.8 Å². The van der Waals surface area contributed by atoms with Crippen LogP contribution in [0.2, 0.25) is 0 Å². The monoisotopic (exact) mass is 184 g/mol. The Morgan fingerprint density at radius 1 is 1.83 bits per heavy atom. The van der Waals surface area contributed by atoms with Crippen LogP contribution in [0.4, 0.5) is 0 Å². The van der Waals surface area contributed by atoms with Gasteiger partial charge >= 0.3 is 5.97 Å². The molecular formula is C7H8N2O2S. The van der Waals surface area contributed by atoms with E-state index in [1.165, 1.54) is 17.4 Å². The fourth-order valence-corrected chi connectivity index (χ4v) is 1.03. The molecule has 0 saturated heterocycles. The predicted octanol–water partition coefficient (Wildman–Crippen LogP) is 1.11. The van der Waals surface area contributed by atoms with Crippen LogP contribution in [0.25, 0.3) is 6.08 Å². The second-order valence-electron chi connectivity index (χ2n) is 1.86. The fraction of sp³-hybridized carbons (Fsp3) is 0.286. The van der Waals surface area contributed by atoms with E-state index in [-0.39, 0.29) is 5.97 Å². The molecule has 0 bridgehead atoms. The third-order valence-electron chi connectivity index (χ3n) is 1.03. The van der Waals surface area contributed by atoms with E-state index in [4.69, 9.17) is 0 Å². The Balaban J connectivity index is 2.45. The van der Waals surface area contributed by atoms with Crippen molar-refractivity contribution in [2.75, 3.05) is 6.61 Å². The van der Waals surface area contributed by atoms with Gasteiger partial charge in [-0.25, -0.2) is 4.79 Å². The van der Waals surface area contributed by atoms with Crippen LogP contribution in [0.5, 0.6) is 0 Å². The van der Waals surface area contributed by atoms with Gasteiger partial charge in [-0.15, -0.1) is 21.5 Å². The van der Waals surface area contributed by atoms with Crippen LogP contribution in [0.1, 0.15) is 11.9 Å². The molecule has 1 aromatic rings. The van der Waals surface area contributed by atoms with Crippen molar-refractivity contribution in [2.24, 2.45) is 0 Å². The van der Waals surface area contributed by atoms with Crippen molar-refractivity contribution in [2.45, 2.75) is 6.92 Å². The number of esters is 1. The highest BCUT2D eigenvalue weighted by Crippen LogP contribution is 2.03. The number of carbonyl (C=O) groups is 1. The van der Waals surface area contributed by atoms with Crippen LogP contribution in [0, 0.1) is 0 Å². The summed E-state index contributed by atoms with van der Waals surface area (Å²) in [5, 5.41) is 8.03. The van der Waals surface area contributed by atoms with E-state index in [9.17, 15) is 4.79 Å². The summed E-state index contributed by atoms with van der Waals surface area (Å²) in [6.07, 6.45) is 2.92. The fourth-order valence-electron chi connectivity index (χ4n) is 0.584. The van der Waals surface area contributed by atoms with E-state index in [1.807, 2.05) is 0 Å². The first kappa shape index (κ1) is 8.86. The van der Waals surface area contributed by atoms with E-state index in [1.54, 1.807) is 18.5 Å². The SMILES string of the molecule is CCOC(=O)/C=C/c1nncs1. The number of hydrogen-bond acceptors (Lipinski definition) is 5.